The van der Waals surface area contributed by atoms with Gasteiger partial charge in [0, 0.05) is 5.33 Å². The molecule has 0 radical (unpaired) electrons. The van der Waals surface area contributed by atoms with Crippen LogP contribution in [0.1, 0.15) is 20.8 Å². The van der Waals surface area contributed by atoms with E-state index in [1.807, 2.05) is 0 Å². The van der Waals surface area contributed by atoms with Crippen LogP contribution < -0.4 is 10.4 Å². The van der Waals surface area contributed by atoms with Gasteiger partial charge in [0.05, 0.1) is 33.0 Å². The Hall–Kier alpha value is -0.983. The highest BCUT2D eigenvalue weighted by molar-refractivity contribution is 9.09. The number of alkyl halides is 1. The fourth-order valence-electron chi connectivity index (χ4n) is 3.39. The van der Waals surface area contributed by atoms with Gasteiger partial charge in [-0.25, -0.2) is 0 Å². The molecule has 2 aromatic rings. The van der Waals surface area contributed by atoms with Crippen LogP contribution in [-0.2, 0) is 13.9 Å². The second kappa shape index (κ2) is 11.1. The lowest BCUT2D eigenvalue weighted by atomic mass is 10.2. The first kappa shape index (κ1) is 22.3. The SMILES string of the molecule is CC(C)(C)[Si](OCCOCCOCCBr)(c1ccccc1)c1ccccc1. The average Bonchev–Trinajstić information content (AvgIpc) is 2.67. The third-order valence-electron chi connectivity index (χ3n) is 4.56. The molecule has 0 saturated heterocycles. The van der Waals surface area contributed by atoms with Crippen LogP contribution in [0.4, 0.5) is 0 Å². The molecule has 0 amide bonds. The molecule has 27 heavy (non-hydrogen) atoms. The highest BCUT2D eigenvalue weighted by Crippen LogP contribution is 2.36. The molecule has 2 aromatic carbocycles. The Balaban J connectivity index is 2.15. The van der Waals surface area contributed by atoms with E-state index >= 15 is 0 Å². The molecule has 0 saturated carbocycles. The number of hydrogen-bond acceptors (Lipinski definition) is 3. The fraction of sp³-hybridized carbons (Fsp3) is 0.455. The predicted molar refractivity (Wildman–Crippen MR) is 119 cm³/mol. The Morgan fingerprint density at radius 3 is 1.59 bits per heavy atom. The van der Waals surface area contributed by atoms with Crippen LogP contribution >= 0.6 is 15.9 Å². The molecule has 5 heteroatoms. The summed E-state index contributed by atoms with van der Waals surface area (Å²) in [5, 5.41) is 3.44. The number of hydrogen-bond donors (Lipinski definition) is 0. The molecule has 0 atom stereocenters. The first-order valence-corrected chi connectivity index (χ1v) is 12.5. The van der Waals surface area contributed by atoms with Crippen LogP contribution in [0.3, 0.4) is 0 Å². The van der Waals surface area contributed by atoms with Gasteiger partial charge in [-0.1, -0.05) is 97.4 Å². The molecule has 0 fully saturated rings. The zero-order valence-electron chi connectivity index (χ0n) is 16.6. The molecular weight excluding hydrogens is 420 g/mol. The van der Waals surface area contributed by atoms with Crippen molar-refractivity contribution in [3.63, 3.8) is 0 Å². The molecule has 2 rings (SSSR count). The van der Waals surface area contributed by atoms with Gasteiger partial charge in [0.25, 0.3) is 8.32 Å². The topological polar surface area (TPSA) is 27.7 Å². The Labute approximate surface area is 173 Å². The number of halogens is 1. The second-order valence-corrected chi connectivity index (χ2v) is 12.5. The van der Waals surface area contributed by atoms with Crippen molar-refractivity contribution in [3.8, 4) is 0 Å². The van der Waals surface area contributed by atoms with E-state index < -0.39 is 8.32 Å². The minimum Gasteiger partial charge on any atom is -0.405 e. The van der Waals surface area contributed by atoms with Crippen molar-refractivity contribution in [1.82, 2.24) is 0 Å². The Kier molecular flexibility index (Phi) is 9.19. The van der Waals surface area contributed by atoms with Gasteiger partial charge in [0.2, 0.25) is 0 Å². The molecule has 0 spiro atoms. The standard InChI is InChI=1S/C22H31BrO3Si/c1-22(2,3)27(20-10-6-4-7-11-20,21-12-8-5-9-13-21)26-19-18-25-17-16-24-15-14-23/h4-13H,14-19H2,1-3H3. The summed E-state index contributed by atoms with van der Waals surface area (Å²) in [6.45, 7) is 9.92. The van der Waals surface area contributed by atoms with E-state index in [-0.39, 0.29) is 5.04 Å². The highest BCUT2D eigenvalue weighted by Gasteiger charge is 2.49. The smallest absolute Gasteiger partial charge is 0.261 e. The molecule has 0 unspecified atom stereocenters. The van der Waals surface area contributed by atoms with Gasteiger partial charge in [-0.05, 0) is 15.4 Å². The molecule has 0 bridgehead atoms. The zero-order chi connectivity index (χ0) is 19.6. The molecule has 0 heterocycles. The molecule has 0 aliphatic rings. The Morgan fingerprint density at radius 1 is 0.704 bits per heavy atom. The normalized spacial score (nSPS) is 12.3. The number of rotatable bonds is 11. The van der Waals surface area contributed by atoms with E-state index in [4.69, 9.17) is 13.9 Å². The van der Waals surface area contributed by atoms with Gasteiger partial charge in [-0.15, -0.1) is 0 Å². The van der Waals surface area contributed by atoms with Crippen molar-refractivity contribution >= 4 is 34.6 Å². The first-order chi connectivity index (χ1) is 13.0. The second-order valence-electron chi connectivity index (χ2n) is 7.43. The van der Waals surface area contributed by atoms with Gasteiger partial charge < -0.3 is 13.9 Å². The van der Waals surface area contributed by atoms with E-state index in [1.165, 1.54) is 10.4 Å². The van der Waals surface area contributed by atoms with Crippen molar-refractivity contribution in [2.24, 2.45) is 0 Å². The van der Waals surface area contributed by atoms with E-state index in [1.54, 1.807) is 0 Å². The lowest BCUT2D eigenvalue weighted by Crippen LogP contribution is -2.66. The third-order valence-corrected chi connectivity index (χ3v) is 9.92. The van der Waals surface area contributed by atoms with Crippen LogP contribution in [0.15, 0.2) is 60.7 Å². The molecule has 0 aliphatic carbocycles. The highest BCUT2D eigenvalue weighted by atomic mass is 79.9. The van der Waals surface area contributed by atoms with E-state index in [2.05, 4.69) is 97.4 Å². The van der Waals surface area contributed by atoms with Crippen molar-refractivity contribution < 1.29 is 13.9 Å². The zero-order valence-corrected chi connectivity index (χ0v) is 19.2. The summed E-state index contributed by atoms with van der Waals surface area (Å²) in [6.07, 6.45) is 0. The summed E-state index contributed by atoms with van der Waals surface area (Å²) in [5.41, 5.74) is 0. The van der Waals surface area contributed by atoms with Gasteiger partial charge in [0.15, 0.2) is 0 Å². The van der Waals surface area contributed by atoms with Crippen LogP contribution in [-0.4, -0.2) is 46.7 Å². The van der Waals surface area contributed by atoms with Crippen molar-refractivity contribution in [1.29, 1.82) is 0 Å². The third kappa shape index (κ3) is 6.00. The van der Waals surface area contributed by atoms with Crippen LogP contribution in [0.2, 0.25) is 5.04 Å². The maximum Gasteiger partial charge on any atom is 0.261 e. The lowest BCUT2D eigenvalue weighted by Gasteiger charge is -2.43. The summed E-state index contributed by atoms with van der Waals surface area (Å²) in [7, 11) is -2.45. The van der Waals surface area contributed by atoms with E-state index in [0.29, 0.717) is 33.0 Å². The van der Waals surface area contributed by atoms with Crippen molar-refractivity contribution in [2.75, 3.05) is 38.4 Å². The molecule has 0 aromatic heterocycles. The summed E-state index contributed by atoms with van der Waals surface area (Å²) in [5.74, 6) is 0. The molecule has 3 nitrogen and oxygen atoms in total. The summed E-state index contributed by atoms with van der Waals surface area (Å²) in [6, 6.07) is 21.4. The molecule has 0 aliphatic heterocycles. The molecule has 148 valence electrons. The summed E-state index contributed by atoms with van der Waals surface area (Å²) < 4.78 is 17.9. The monoisotopic (exact) mass is 450 g/mol. The molecular formula is C22H31BrO3Si. The van der Waals surface area contributed by atoms with Gasteiger partial charge >= 0.3 is 0 Å². The maximum atomic E-state index is 6.76. The van der Waals surface area contributed by atoms with Gasteiger partial charge in [-0.3, -0.25) is 0 Å². The minimum absolute atomic E-state index is 0.00526. The van der Waals surface area contributed by atoms with Crippen LogP contribution in [0.5, 0.6) is 0 Å². The summed E-state index contributed by atoms with van der Waals surface area (Å²) >= 11 is 3.35. The Bertz CT molecular complexity index is 604. The van der Waals surface area contributed by atoms with Gasteiger partial charge in [-0.2, -0.15) is 0 Å². The van der Waals surface area contributed by atoms with Crippen LogP contribution in [0.25, 0.3) is 0 Å². The van der Waals surface area contributed by atoms with Crippen molar-refractivity contribution in [3.05, 3.63) is 60.7 Å². The lowest BCUT2D eigenvalue weighted by molar-refractivity contribution is 0.0401. The predicted octanol–water partition coefficient (Wildman–Crippen LogP) is 3.99. The van der Waals surface area contributed by atoms with E-state index in [9.17, 15) is 0 Å². The fourth-order valence-corrected chi connectivity index (χ4v) is 8.17. The molecule has 0 N–H and O–H groups in total. The maximum absolute atomic E-state index is 6.76. The Morgan fingerprint density at radius 2 is 1.15 bits per heavy atom. The van der Waals surface area contributed by atoms with E-state index in [0.717, 1.165) is 5.33 Å². The quantitative estimate of drug-likeness (QED) is 0.294. The number of benzene rings is 2. The summed E-state index contributed by atoms with van der Waals surface area (Å²) in [4.78, 5) is 0. The first-order valence-electron chi connectivity index (χ1n) is 9.49. The van der Waals surface area contributed by atoms with Crippen LogP contribution in [0, 0.1) is 0 Å². The average molecular weight is 451 g/mol. The van der Waals surface area contributed by atoms with Gasteiger partial charge in [0.1, 0.15) is 0 Å². The largest absolute Gasteiger partial charge is 0.405 e. The minimum atomic E-state index is -2.45. The van der Waals surface area contributed by atoms with Crippen molar-refractivity contribution in [2.45, 2.75) is 25.8 Å². The number of ether oxygens (including phenoxy) is 2.